The van der Waals surface area contributed by atoms with E-state index in [9.17, 15) is 0 Å². The highest BCUT2D eigenvalue weighted by molar-refractivity contribution is 5.64. The maximum absolute atomic E-state index is 5.65. The minimum Gasteiger partial charge on any atom is -0.382 e. The Hall–Kier alpha value is -1.90. The monoisotopic (exact) mass is 213 g/mol. The molecule has 0 spiro atoms. The first-order chi connectivity index (χ1) is 7.68. The van der Waals surface area contributed by atoms with Crippen LogP contribution in [-0.4, -0.2) is 9.97 Å². The Morgan fingerprint density at radius 2 is 1.88 bits per heavy atom. The van der Waals surface area contributed by atoms with Crippen LogP contribution in [0.4, 0.5) is 5.82 Å². The van der Waals surface area contributed by atoms with Crippen LogP contribution in [0.5, 0.6) is 0 Å². The van der Waals surface area contributed by atoms with Gasteiger partial charge in [-0.1, -0.05) is 38.1 Å². The summed E-state index contributed by atoms with van der Waals surface area (Å²) in [6.07, 6.45) is 3.30. The molecule has 0 aliphatic carbocycles. The molecule has 0 radical (unpaired) electrons. The SMILES string of the molecule is CC(C)c1ccccc1-c1cncc(N)n1. The van der Waals surface area contributed by atoms with Gasteiger partial charge in [-0.3, -0.25) is 4.98 Å². The van der Waals surface area contributed by atoms with Gasteiger partial charge in [0.1, 0.15) is 5.82 Å². The second-order valence-electron chi connectivity index (χ2n) is 4.07. The van der Waals surface area contributed by atoms with Gasteiger partial charge in [0.25, 0.3) is 0 Å². The molecule has 16 heavy (non-hydrogen) atoms. The van der Waals surface area contributed by atoms with E-state index in [1.807, 2.05) is 12.1 Å². The lowest BCUT2D eigenvalue weighted by atomic mass is 9.96. The highest BCUT2D eigenvalue weighted by Crippen LogP contribution is 2.27. The van der Waals surface area contributed by atoms with Crippen LogP contribution in [0.25, 0.3) is 11.3 Å². The molecule has 0 atom stereocenters. The molecule has 0 aliphatic heterocycles. The smallest absolute Gasteiger partial charge is 0.142 e. The lowest BCUT2D eigenvalue weighted by Crippen LogP contribution is -1.97. The van der Waals surface area contributed by atoms with Crippen LogP contribution in [0.2, 0.25) is 0 Å². The first-order valence-electron chi connectivity index (χ1n) is 5.35. The number of nitrogens with zero attached hydrogens (tertiary/aromatic N) is 2. The van der Waals surface area contributed by atoms with E-state index in [1.165, 1.54) is 5.56 Å². The lowest BCUT2D eigenvalue weighted by Gasteiger charge is -2.11. The molecule has 0 aliphatic rings. The fourth-order valence-corrected chi connectivity index (χ4v) is 1.74. The van der Waals surface area contributed by atoms with E-state index < -0.39 is 0 Å². The van der Waals surface area contributed by atoms with Crippen LogP contribution in [0, 0.1) is 0 Å². The summed E-state index contributed by atoms with van der Waals surface area (Å²) in [6, 6.07) is 8.22. The second-order valence-corrected chi connectivity index (χ2v) is 4.07. The molecule has 0 saturated heterocycles. The van der Waals surface area contributed by atoms with Gasteiger partial charge in [-0.15, -0.1) is 0 Å². The highest BCUT2D eigenvalue weighted by Gasteiger charge is 2.09. The fraction of sp³-hybridized carbons (Fsp3) is 0.231. The normalized spacial score (nSPS) is 10.7. The Balaban J connectivity index is 2.55. The molecule has 1 heterocycles. The number of rotatable bonds is 2. The average molecular weight is 213 g/mol. The molecule has 3 nitrogen and oxygen atoms in total. The predicted octanol–water partition coefficient (Wildman–Crippen LogP) is 2.85. The number of hydrogen-bond acceptors (Lipinski definition) is 3. The molecule has 2 N–H and O–H groups in total. The molecule has 0 bridgehead atoms. The second kappa shape index (κ2) is 4.31. The van der Waals surface area contributed by atoms with Crippen molar-refractivity contribution >= 4 is 5.82 Å². The number of anilines is 1. The van der Waals surface area contributed by atoms with Gasteiger partial charge in [-0.05, 0) is 11.5 Å². The van der Waals surface area contributed by atoms with Crippen molar-refractivity contribution in [3.63, 3.8) is 0 Å². The molecular weight excluding hydrogens is 198 g/mol. The topological polar surface area (TPSA) is 51.8 Å². The first kappa shape index (κ1) is 10.6. The number of aromatic nitrogens is 2. The summed E-state index contributed by atoms with van der Waals surface area (Å²) < 4.78 is 0. The minimum absolute atomic E-state index is 0.455. The van der Waals surface area contributed by atoms with Crippen LogP contribution in [0.15, 0.2) is 36.7 Å². The number of nitrogen functional groups attached to an aromatic ring is 1. The van der Waals surface area contributed by atoms with Gasteiger partial charge in [0.2, 0.25) is 0 Å². The Kier molecular flexibility index (Phi) is 2.86. The largest absolute Gasteiger partial charge is 0.382 e. The zero-order valence-corrected chi connectivity index (χ0v) is 9.51. The molecule has 2 rings (SSSR count). The molecule has 82 valence electrons. The van der Waals surface area contributed by atoms with Crippen LogP contribution < -0.4 is 5.73 Å². The summed E-state index contributed by atoms with van der Waals surface area (Å²) in [6.45, 7) is 4.33. The van der Waals surface area contributed by atoms with Crippen LogP contribution in [-0.2, 0) is 0 Å². The van der Waals surface area contributed by atoms with Gasteiger partial charge in [0, 0.05) is 5.56 Å². The minimum atomic E-state index is 0.455. The van der Waals surface area contributed by atoms with Gasteiger partial charge < -0.3 is 5.73 Å². The van der Waals surface area contributed by atoms with Crippen molar-refractivity contribution in [3.8, 4) is 11.3 Å². The van der Waals surface area contributed by atoms with Gasteiger partial charge in [-0.25, -0.2) is 4.98 Å². The standard InChI is InChI=1S/C13H15N3/c1-9(2)10-5-3-4-6-11(10)12-7-15-8-13(14)16-12/h3-9H,1-2H3,(H2,14,16). The van der Waals surface area contributed by atoms with Crippen molar-refractivity contribution in [1.82, 2.24) is 9.97 Å². The molecular formula is C13H15N3. The van der Waals surface area contributed by atoms with Crippen molar-refractivity contribution in [3.05, 3.63) is 42.2 Å². The number of benzene rings is 1. The zero-order chi connectivity index (χ0) is 11.5. The third-order valence-electron chi connectivity index (χ3n) is 2.51. The van der Waals surface area contributed by atoms with E-state index in [4.69, 9.17) is 5.73 Å². The lowest BCUT2D eigenvalue weighted by molar-refractivity contribution is 0.868. The molecule has 0 unspecified atom stereocenters. The van der Waals surface area contributed by atoms with E-state index >= 15 is 0 Å². The summed E-state index contributed by atoms with van der Waals surface area (Å²) >= 11 is 0. The van der Waals surface area contributed by atoms with Crippen molar-refractivity contribution in [2.75, 3.05) is 5.73 Å². The van der Waals surface area contributed by atoms with E-state index in [0.29, 0.717) is 11.7 Å². The van der Waals surface area contributed by atoms with Crippen molar-refractivity contribution in [2.24, 2.45) is 0 Å². The first-order valence-corrected chi connectivity index (χ1v) is 5.35. The number of hydrogen-bond donors (Lipinski definition) is 1. The van der Waals surface area contributed by atoms with Crippen molar-refractivity contribution in [1.29, 1.82) is 0 Å². The van der Waals surface area contributed by atoms with Gasteiger partial charge in [0.15, 0.2) is 0 Å². The molecule has 2 aromatic rings. The van der Waals surface area contributed by atoms with Gasteiger partial charge >= 0.3 is 0 Å². The molecule has 0 fully saturated rings. The third-order valence-corrected chi connectivity index (χ3v) is 2.51. The summed E-state index contributed by atoms with van der Waals surface area (Å²) in [7, 11) is 0. The Labute approximate surface area is 95.4 Å². The van der Waals surface area contributed by atoms with E-state index in [-0.39, 0.29) is 0 Å². The maximum Gasteiger partial charge on any atom is 0.142 e. The summed E-state index contributed by atoms with van der Waals surface area (Å²) in [5.41, 5.74) is 8.86. The third kappa shape index (κ3) is 2.03. The van der Waals surface area contributed by atoms with Crippen LogP contribution in [0.3, 0.4) is 0 Å². The summed E-state index contributed by atoms with van der Waals surface area (Å²) in [5, 5.41) is 0. The number of nitrogens with two attached hydrogens (primary N) is 1. The van der Waals surface area contributed by atoms with Crippen LogP contribution in [0.1, 0.15) is 25.3 Å². The maximum atomic E-state index is 5.65. The molecule has 1 aromatic heterocycles. The summed E-state index contributed by atoms with van der Waals surface area (Å²) in [4.78, 5) is 8.38. The molecule has 1 aromatic carbocycles. The molecule has 3 heteroatoms. The Bertz CT molecular complexity index is 492. The van der Waals surface area contributed by atoms with Crippen LogP contribution >= 0.6 is 0 Å². The van der Waals surface area contributed by atoms with Crippen molar-refractivity contribution < 1.29 is 0 Å². The highest BCUT2D eigenvalue weighted by atomic mass is 14.9. The molecule has 0 amide bonds. The average Bonchev–Trinajstić information content (AvgIpc) is 2.29. The fourth-order valence-electron chi connectivity index (χ4n) is 1.74. The summed E-state index contributed by atoms with van der Waals surface area (Å²) in [5.74, 6) is 0.912. The Morgan fingerprint density at radius 3 is 2.56 bits per heavy atom. The van der Waals surface area contributed by atoms with E-state index in [1.54, 1.807) is 12.4 Å². The van der Waals surface area contributed by atoms with Gasteiger partial charge in [-0.2, -0.15) is 0 Å². The van der Waals surface area contributed by atoms with Crippen molar-refractivity contribution in [2.45, 2.75) is 19.8 Å². The van der Waals surface area contributed by atoms with E-state index in [2.05, 4.69) is 35.9 Å². The zero-order valence-electron chi connectivity index (χ0n) is 9.51. The van der Waals surface area contributed by atoms with Gasteiger partial charge in [0.05, 0.1) is 18.1 Å². The molecule has 0 saturated carbocycles. The Morgan fingerprint density at radius 1 is 1.12 bits per heavy atom. The quantitative estimate of drug-likeness (QED) is 0.834. The van der Waals surface area contributed by atoms with E-state index in [0.717, 1.165) is 11.3 Å². The predicted molar refractivity (Wildman–Crippen MR) is 66.0 cm³/mol.